The molecule has 0 aliphatic heterocycles. The maximum Gasteiger partial charge on any atom is 0.270 e. The molecular weight excluding hydrogens is 507 g/mol. The van der Waals surface area contributed by atoms with Crippen molar-refractivity contribution in [2.45, 2.75) is 69.6 Å². The van der Waals surface area contributed by atoms with Crippen molar-refractivity contribution < 1.29 is 9.13 Å². The predicted molar refractivity (Wildman–Crippen MR) is 151 cm³/mol. The Labute approximate surface area is 233 Å². The number of aromatic nitrogens is 2. The number of rotatable bonds is 8. The third-order valence-electron chi connectivity index (χ3n) is 8.66. The lowest BCUT2D eigenvalue weighted by Crippen LogP contribution is -2.44. The SMILES string of the molecule is Cn1c(=O)c(C#N)c(N(C)[C@H]2CC[C@@H](N(CC3CC3)c3ccc(F)c(OC4CC4)c3)CC2)c2nc(C#N)ccc21. The van der Waals surface area contributed by atoms with Gasteiger partial charge in [0.25, 0.3) is 5.56 Å². The summed E-state index contributed by atoms with van der Waals surface area (Å²) >= 11 is 0. The van der Waals surface area contributed by atoms with Crippen LogP contribution in [0, 0.1) is 34.4 Å². The van der Waals surface area contributed by atoms with Crippen molar-refractivity contribution in [2.24, 2.45) is 13.0 Å². The molecule has 2 heterocycles. The highest BCUT2D eigenvalue weighted by Gasteiger charge is 2.34. The fourth-order valence-electron chi connectivity index (χ4n) is 6.01. The minimum Gasteiger partial charge on any atom is -0.487 e. The summed E-state index contributed by atoms with van der Waals surface area (Å²) in [6, 6.07) is 13.2. The fraction of sp³-hybridized carbons (Fsp3) is 0.484. The molecule has 1 aromatic carbocycles. The van der Waals surface area contributed by atoms with Crippen LogP contribution >= 0.6 is 0 Å². The second kappa shape index (κ2) is 10.5. The van der Waals surface area contributed by atoms with E-state index in [9.17, 15) is 19.7 Å². The summed E-state index contributed by atoms with van der Waals surface area (Å²) in [5.74, 6) is 0.707. The van der Waals surface area contributed by atoms with E-state index < -0.39 is 0 Å². The normalized spacial score (nSPS) is 20.5. The van der Waals surface area contributed by atoms with Gasteiger partial charge in [0.15, 0.2) is 11.6 Å². The molecule has 8 nitrogen and oxygen atoms in total. The average molecular weight is 541 g/mol. The van der Waals surface area contributed by atoms with Crippen LogP contribution in [0.15, 0.2) is 35.1 Å². The first-order valence-electron chi connectivity index (χ1n) is 14.2. The molecule has 0 radical (unpaired) electrons. The first kappa shape index (κ1) is 26.1. The van der Waals surface area contributed by atoms with Crippen molar-refractivity contribution in [2.75, 3.05) is 23.4 Å². The molecule has 3 aliphatic carbocycles. The topological polar surface area (TPSA) is 98.2 Å². The zero-order valence-corrected chi connectivity index (χ0v) is 22.9. The molecule has 0 spiro atoms. The number of benzene rings is 1. The largest absolute Gasteiger partial charge is 0.487 e. The summed E-state index contributed by atoms with van der Waals surface area (Å²) in [4.78, 5) is 22.1. The molecule has 3 aromatic rings. The Morgan fingerprint density at radius 1 is 1.02 bits per heavy atom. The van der Waals surface area contributed by atoms with Gasteiger partial charge in [0.05, 0.1) is 17.3 Å². The summed E-state index contributed by atoms with van der Waals surface area (Å²) in [5, 5.41) is 19.4. The van der Waals surface area contributed by atoms with Crippen LogP contribution in [0.3, 0.4) is 0 Å². The Morgan fingerprint density at radius 2 is 1.75 bits per heavy atom. The van der Waals surface area contributed by atoms with Gasteiger partial charge in [-0.1, -0.05) is 0 Å². The van der Waals surface area contributed by atoms with E-state index in [2.05, 4.69) is 22.0 Å². The number of hydrogen-bond acceptors (Lipinski definition) is 7. The van der Waals surface area contributed by atoms with E-state index in [0.29, 0.717) is 34.4 Å². The maximum atomic E-state index is 14.5. The second-order valence-corrected chi connectivity index (χ2v) is 11.5. The van der Waals surface area contributed by atoms with Gasteiger partial charge in [0.2, 0.25) is 0 Å². The van der Waals surface area contributed by atoms with Gasteiger partial charge in [0.1, 0.15) is 28.9 Å². The van der Waals surface area contributed by atoms with Crippen LogP contribution in [0.25, 0.3) is 11.0 Å². The zero-order chi connectivity index (χ0) is 28.0. The minimum atomic E-state index is -0.367. The molecule has 3 fully saturated rings. The molecule has 0 amide bonds. The highest BCUT2D eigenvalue weighted by Crippen LogP contribution is 2.39. The van der Waals surface area contributed by atoms with E-state index in [4.69, 9.17) is 4.74 Å². The smallest absolute Gasteiger partial charge is 0.270 e. The maximum absolute atomic E-state index is 14.5. The first-order chi connectivity index (χ1) is 19.4. The van der Waals surface area contributed by atoms with Gasteiger partial charge in [-0.15, -0.1) is 0 Å². The second-order valence-electron chi connectivity index (χ2n) is 11.5. The lowest BCUT2D eigenvalue weighted by atomic mass is 9.88. The first-order valence-corrected chi connectivity index (χ1v) is 14.2. The number of nitriles is 2. The van der Waals surface area contributed by atoms with E-state index in [1.54, 1.807) is 19.2 Å². The number of nitrogens with zero attached hydrogens (tertiary/aromatic N) is 6. The molecule has 40 heavy (non-hydrogen) atoms. The number of fused-ring (bicyclic) bond motifs is 1. The van der Waals surface area contributed by atoms with Gasteiger partial charge in [-0.2, -0.15) is 10.5 Å². The van der Waals surface area contributed by atoms with Crippen molar-refractivity contribution in [1.29, 1.82) is 10.5 Å². The number of ether oxygens (including phenoxy) is 1. The van der Waals surface area contributed by atoms with Crippen LogP contribution in [-0.4, -0.2) is 41.3 Å². The van der Waals surface area contributed by atoms with Crippen molar-refractivity contribution >= 4 is 22.4 Å². The van der Waals surface area contributed by atoms with Crippen LogP contribution in [0.1, 0.15) is 62.6 Å². The van der Waals surface area contributed by atoms with Crippen LogP contribution in [0.4, 0.5) is 15.8 Å². The minimum absolute atomic E-state index is 0.0482. The Bertz CT molecular complexity index is 1590. The standard InChI is InChI=1S/C31H33FN6O2/c1-36(30-25(17-34)31(39)37(2)27-14-5-20(16-33)35-29(27)30)21-6-8-22(9-7-21)38(18-19-3-4-19)23-10-13-26(32)28(15-23)40-24-11-12-24/h5,10,13-15,19,21-22,24H,3-4,6-9,11-12,18H2,1-2H3/t21-,22+. The third-order valence-corrected chi connectivity index (χ3v) is 8.66. The van der Waals surface area contributed by atoms with Crippen LogP contribution in [0.2, 0.25) is 0 Å². The molecule has 2 aromatic heterocycles. The number of aryl methyl sites for hydroxylation is 1. The Hall–Kier alpha value is -4.11. The van der Waals surface area contributed by atoms with Gasteiger partial charge >= 0.3 is 0 Å². The van der Waals surface area contributed by atoms with Crippen LogP contribution < -0.4 is 20.1 Å². The molecular formula is C31H33FN6O2. The van der Waals surface area contributed by atoms with Crippen molar-refractivity contribution in [1.82, 2.24) is 9.55 Å². The quantitative estimate of drug-likeness (QED) is 0.396. The number of halogens is 1. The van der Waals surface area contributed by atoms with Gasteiger partial charge in [-0.3, -0.25) is 4.79 Å². The van der Waals surface area contributed by atoms with E-state index in [1.165, 1.54) is 23.5 Å². The lowest BCUT2D eigenvalue weighted by Gasteiger charge is -2.42. The molecule has 0 bridgehead atoms. The summed E-state index contributed by atoms with van der Waals surface area (Å²) < 4.78 is 21.8. The van der Waals surface area contributed by atoms with Crippen molar-refractivity contribution in [3.63, 3.8) is 0 Å². The van der Waals surface area contributed by atoms with E-state index >= 15 is 0 Å². The third kappa shape index (κ3) is 4.97. The molecule has 9 heteroatoms. The fourth-order valence-corrected chi connectivity index (χ4v) is 6.01. The molecule has 6 rings (SSSR count). The Kier molecular flexibility index (Phi) is 6.83. The Balaban J connectivity index is 1.26. The number of pyridine rings is 2. The average Bonchev–Trinajstić information content (AvgIpc) is 3.91. The molecule has 0 atom stereocenters. The molecule has 206 valence electrons. The molecule has 3 saturated carbocycles. The van der Waals surface area contributed by atoms with E-state index in [-0.39, 0.29) is 34.8 Å². The molecule has 3 aliphatic rings. The Morgan fingerprint density at radius 3 is 2.40 bits per heavy atom. The summed E-state index contributed by atoms with van der Waals surface area (Å²) in [6.45, 7) is 0.957. The van der Waals surface area contributed by atoms with Gasteiger partial charge in [0, 0.05) is 44.5 Å². The highest BCUT2D eigenvalue weighted by molar-refractivity contribution is 5.92. The number of anilines is 2. The lowest BCUT2D eigenvalue weighted by molar-refractivity contribution is 0.287. The van der Waals surface area contributed by atoms with E-state index in [1.807, 2.05) is 24.1 Å². The summed E-state index contributed by atoms with van der Waals surface area (Å²) in [7, 11) is 3.55. The zero-order valence-electron chi connectivity index (χ0n) is 22.9. The highest BCUT2D eigenvalue weighted by atomic mass is 19.1. The monoisotopic (exact) mass is 540 g/mol. The van der Waals surface area contributed by atoms with Crippen LogP contribution in [-0.2, 0) is 7.05 Å². The predicted octanol–water partition coefficient (Wildman–Crippen LogP) is 5.02. The van der Waals surface area contributed by atoms with Crippen molar-refractivity contribution in [3.8, 4) is 17.9 Å². The summed E-state index contributed by atoms with van der Waals surface area (Å²) in [6.07, 6.45) is 8.16. The molecule has 0 saturated heterocycles. The summed E-state index contributed by atoms with van der Waals surface area (Å²) in [5.41, 5.74) is 2.52. The van der Waals surface area contributed by atoms with Gasteiger partial charge < -0.3 is 19.1 Å². The van der Waals surface area contributed by atoms with E-state index in [0.717, 1.165) is 50.8 Å². The van der Waals surface area contributed by atoms with Crippen LogP contribution in [0.5, 0.6) is 5.75 Å². The molecule has 0 unspecified atom stereocenters. The number of hydrogen-bond donors (Lipinski definition) is 0. The van der Waals surface area contributed by atoms with Gasteiger partial charge in [-0.25, -0.2) is 9.37 Å². The van der Waals surface area contributed by atoms with Crippen molar-refractivity contribution in [3.05, 3.63) is 57.8 Å². The molecule has 0 N–H and O–H groups in total. The van der Waals surface area contributed by atoms with Gasteiger partial charge in [-0.05, 0) is 81.5 Å².